The molecule has 1 amide bonds. The van der Waals surface area contributed by atoms with E-state index in [2.05, 4.69) is 27.8 Å². The van der Waals surface area contributed by atoms with E-state index in [0.717, 1.165) is 65.7 Å². The standard InChI is InChI=1S/C35H40N4O5S/c1-41-33-8-3-2-6-26(33)22-42-16-5-17-43-29-13-10-28(11-14-29)39-32(20-36-21-35(39)40)34(18-27-23-45-24-38-27)44-30-12-9-25-7-4-15-37-31(25)19-30/h2-3,6,8-14,19,23-24,32,34,36-37H,4-5,7,15-18,20-22H2,1H3. The minimum atomic E-state index is -0.308. The monoisotopic (exact) mass is 628 g/mol. The lowest BCUT2D eigenvalue weighted by Crippen LogP contribution is -2.61. The number of carbonyl (C=O) groups is 1. The smallest absolute Gasteiger partial charge is 0.241 e. The number of benzene rings is 3. The summed E-state index contributed by atoms with van der Waals surface area (Å²) in [4.78, 5) is 19.8. The van der Waals surface area contributed by atoms with Crippen LogP contribution >= 0.6 is 11.3 Å². The molecule has 2 N–H and O–H groups in total. The van der Waals surface area contributed by atoms with Crippen molar-refractivity contribution in [3.8, 4) is 17.2 Å². The Morgan fingerprint density at radius 1 is 1.07 bits per heavy atom. The molecule has 1 aromatic heterocycles. The first-order valence-electron chi connectivity index (χ1n) is 15.5. The van der Waals surface area contributed by atoms with Gasteiger partial charge in [-0.25, -0.2) is 4.98 Å². The number of fused-ring (bicyclic) bond motifs is 1. The van der Waals surface area contributed by atoms with Gasteiger partial charge in [-0.15, -0.1) is 11.3 Å². The third-order valence-corrected chi connectivity index (χ3v) is 8.76. The molecule has 2 atom stereocenters. The van der Waals surface area contributed by atoms with E-state index in [1.165, 1.54) is 5.56 Å². The summed E-state index contributed by atoms with van der Waals surface area (Å²) in [6, 6.07) is 21.6. The highest BCUT2D eigenvalue weighted by Gasteiger charge is 2.37. The van der Waals surface area contributed by atoms with Gasteiger partial charge in [-0.1, -0.05) is 24.3 Å². The highest BCUT2D eigenvalue weighted by atomic mass is 32.1. The predicted molar refractivity (Wildman–Crippen MR) is 177 cm³/mol. The quantitative estimate of drug-likeness (QED) is 0.177. The van der Waals surface area contributed by atoms with E-state index in [9.17, 15) is 4.79 Å². The van der Waals surface area contributed by atoms with E-state index >= 15 is 0 Å². The summed E-state index contributed by atoms with van der Waals surface area (Å²) in [6.07, 6.45) is 3.23. The van der Waals surface area contributed by atoms with Crippen molar-refractivity contribution in [2.24, 2.45) is 0 Å². The van der Waals surface area contributed by atoms with E-state index in [1.54, 1.807) is 18.4 Å². The van der Waals surface area contributed by atoms with Crippen LogP contribution in [0.2, 0.25) is 0 Å². The molecule has 1 saturated heterocycles. The maximum atomic E-state index is 13.4. The third-order valence-electron chi connectivity index (χ3n) is 8.13. The lowest BCUT2D eigenvalue weighted by Gasteiger charge is -2.40. The van der Waals surface area contributed by atoms with Gasteiger partial charge in [0.1, 0.15) is 23.4 Å². The van der Waals surface area contributed by atoms with Crippen LogP contribution in [-0.2, 0) is 29.0 Å². The summed E-state index contributed by atoms with van der Waals surface area (Å²) in [7, 11) is 1.67. The van der Waals surface area contributed by atoms with Gasteiger partial charge in [0.2, 0.25) is 5.91 Å². The number of rotatable bonds is 14. The van der Waals surface area contributed by atoms with Gasteiger partial charge >= 0.3 is 0 Å². The molecule has 2 aliphatic rings. The minimum absolute atomic E-state index is 0.00565. The minimum Gasteiger partial charge on any atom is -0.496 e. The number of thiazole rings is 1. The van der Waals surface area contributed by atoms with Crippen LogP contribution in [0.5, 0.6) is 17.2 Å². The van der Waals surface area contributed by atoms with E-state index in [0.29, 0.717) is 32.8 Å². The Morgan fingerprint density at radius 3 is 2.78 bits per heavy atom. The number of para-hydroxylation sites is 1. The van der Waals surface area contributed by atoms with Crippen LogP contribution in [0.4, 0.5) is 11.4 Å². The molecule has 45 heavy (non-hydrogen) atoms. The maximum absolute atomic E-state index is 13.4. The van der Waals surface area contributed by atoms with Gasteiger partial charge in [-0.05, 0) is 54.8 Å². The van der Waals surface area contributed by atoms with Gasteiger partial charge in [0, 0.05) is 54.3 Å². The van der Waals surface area contributed by atoms with Crippen LogP contribution < -0.4 is 29.7 Å². The molecule has 10 heteroatoms. The van der Waals surface area contributed by atoms with Crippen LogP contribution in [0, 0.1) is 0 Å². The van der Waals surface area contributed by atoms with Crippen LogP contribution in [0.3, 0.4) is 0 Å². The number of methoxy groups -OCH3 is 1. The lowest BCUT2D eigenvalue weighted by atomic mass is 10.0. The highest BCUT2D eigenvalue weighted by Crippen LogP contribution is 2.31. The van der Waals surface area contributed by atoms with Crippen molar-refractivity contribution >= 4 is 28.6 Å². The van der Waals surface area contributed by atoms with E-state index in [-0.39, 0.29) is 24.6 Å². The highest BCUT2D eigenvalue weighted by molar-refractivity contribution is 7.07. The second kappa shape index (κ2) is 15.2. The van der Waals surface area contributed by atoms with E-state index in [4.69, 9.17) is 18.9 Å². The maximum Gasteiger partial charge on any atom is 0.241 e. The number of carbonyl (C=O) groups excluding carboxylic acids is 1. The number of hydrogen-bond donors (Lipinski definition) is 2. The van der Waals surface area contributed by atoms with Gasteiger partial charge in [-0.3, -0.25) is 4.79 Å². The molecular weight excluding hydrogens is 588 g/mol. The Hall–Kier alpha value is -4.12. The Morgan fingerprint density at radius 2 is 1.93 bits per heavy atom. The zero-order valence-corrected chi connectivity index (χ0v) is 26.4. The zero-order valence-electron chi connectivity index (χ0n) is 25.6. The van der Waals surface area contributed by atoms with Crippen molar-refractivity contribution < 1.29 is 23.7 Å². The first kappa shape index (κ1) is 30.9. The number of nitrogens with one attached hydrogen (secondary N) is 2. The normalized spacial score (nSPS) is 16.9. The fourth-order valence-electron chi connectivity index (χ4n) is 5.87. The second-order valence-electron chi connectivity index (χ2n) is 11.2. The molecule has 6 rings (SSSR count). The zero-order chi connectivity index (χ0) is 30.8. The van der Waals surface area contributed by atoms with Crippen LogP contribution in [-0.4, -0.2) is 63.0 Å². The Labute approximate surface area is 268 Å². The predicted octanol–water partition coefficient (Wildman–Crippen LogP) is 5.49. The summed E-state index contributed by atoms with van der Waals surface area (Å²) in [5.74, 6) is 2.37. The lowest BCUT2D eigenvalue weighted by molar-refractivity contribution is -0.119. The molecule has 0 bridgehead atoms. The van der Waals surface area contributed by atoms with Gasteiger partial charge < -0.3 is 34.5 Å². The summed E-state index contributed by atoms with van der Waals surface area (Å²) < 4.78 is 23.9. The summed E-state index contributed by atoms with van der Waals surface area (Å²) in [6.45, 7) is 3.44. The summed E-state index contributed by atoms with van der Waals surface area (Å²) >= 11 is 1.56. The molecule has 3 aromatic carbocycles. The van der Waals surface area contributed by atoms with Crippen molar-refractivity contribution in [1.82, 2.24) is 10.3 Å². The van der Waals surface area contributed by atoms with Crippen molar-refractivity contribution in [3.05, 3.63) is 94.4 Å². The number of nitrogens with zero attached hydrogens (tertiary/aromatic N) is 2. The first-order chi connectivity index (χ1) is 22.2. The molecule has 2 unspecified atom stereocenters. The molecule has 9 nitrogen and oxygen atoms in total. The number of piperazine rings is 1. The molecule has 4 aromatic rings. The molecule has 2 aliphatic heterocycles. The summed E-state index contributed by atoms with van der Waals surface area (Å²) in [5, 5.41) is 8.85. The molecule has 236 valence electrons. The number of aryl methyl sites for hydroxylation is 1. The van der Waals surface area contributed by atoms with Gasteiger partial charge in [0.15, 0.2) is 0 Å². The molecule has 0 spiro atoms. The summed E-state index contributed by atoms with van der Waals surface area (Å²) in [5.41, 5.74) is 7.06. The number of amides is 1. The van der Waals surface area contributed by atoms with Crippen molar-refractivity contribution in [1.29, 1.82) is 0 Å². The Kier molecular flexibility index (Phi) is 10.5. The van der Waals surface area contributed by atoms with Crippen molar-refractivity contribution in [2.75, 3.05) is 50.2 Å². The molecule has 1 fully saturated rings. The average Bonchev–Trinajstić information content (AvgIpc) is 3.60. The van der Waals surface area contributed by atoms with Crippen molar-refractivity contribution in [2.45, 2.75) is 44.4 Å². The number of ether oxygens (including phenoxy) is 4. The fourth-order valence-corrected chi connectivity index (χ4v) is 6.44. The third kappa shape index (κ3) is 7.94. The van der Waals surface area contributed by atoms with Crippen LogP contribution in [0.15, 0.2) is 77.6 Å². The Bertz CT molecular complexity index is 1530. The van der Waals surface area contributed by atoms with Crippen LogP contribution in [0.1, 0.15) is 29.7 Å². The topological polar surface area (TPSA) is 94.2 Å². The molecule has 0 saturated carbocycles. The van der Waals surface area contributed by atoms with E-state index in [1.807, 2.05) is 70.4 Å². The number of hydrogen-bond acceptors (Lipinski definition) is 9. The average molecular weight is 629 g/mol. The number of anilines is 2. The molecule has 3 heterocycles. The Balaban J connectivity index is 1.09. The molecule has 0 radical (unpaired) electrons. The molecular formula is C35H40N4O5S. The largest absolute Gasteiger partial charge is 0.496 e. The fraction of sp³-hybridized carbons (Fsp3) is 0.371. The van der Waals surface area contributed by atoms with Gasteiger partial charge in [0.25, 0.3) is 0 Å². The van der Waals surface area contributed by atoms with Crippen LogP contribution in [0.25, 0.3) is 0 Å². The second-order valence-corrected chi connectivity index (χ2v) is 11.9. The van der Waals surface area contributed by atoms with E-state index < -0.39 is 0 Å². The van der Waals surface area contributed by atoms with Gasteiger partial charge in [0.05, 0.1) is 50.7 Å². The SMILES string of the molecule is COc1ccccc1COCCCOc1ccc(N2C(=O)CNCC2C(Cc2cscn2)Oc2ccc3c(c2)NCCC3)cc1. The molecule has 0 aliphatic carbocycles. The van der Waals surface area contributed by atoms with Gasteiger partial charge in [-0.2, -0.15) is 0 Å². The first-order valence-corrected chi connectivity index (χ1v) is 16.5. The van der Waals surface area contributed by atoms with Crippen molar-refractivity contribution in [3.63, 3.8) is 0 Å². The number of aromatic nitrogens is 1.